The summed E-state index contributed by atoms with van der Waals surface area (Å²) in [4.78, 5) is 0. The topological polar surface area (TPSA) is 0 Å². The molecule has 1 aliphatic heterocycles. The van der Waals surface area contributed by atoms with E-state index in [4.69, 9.17) is 23.2 Å². The van der Waals surface area contributed by atoms with Gasteiger partial charge >= 0.3 is 6.18 Å². The van der Waals surface area contributed by atoms with Crippen LogP contribution in [0.3, 0.4) is 0 Å². The average Bonchev–Trinajstić information content (AvgIpc) is 2.15. The molecule has 1 aromatic carbocycles. The molecule has 0 amide bonds. The van der Waals surface area contributed by atoms with Crippen LogP contribution in [-0.2, 0) is 12.6 Å². The van der Waals surface area contributed by atoms with Crippen molar-refractivity contribution in [3.63, 3.8) is 0 Å². The van der Waals surface area contributed by atoms with Crippen molar-refractivity contribution in [3.05, 3.63) is 33.3 Å². The maximum absolute atomic E-state index is 12.7. The summed E-state index contributed by atoms with van der Waals surface area (Å²) in [5.74, 6) is 2.46. The van der Waals surface area contributed by atoms with Crippen molar-refractivity contribution >= 4 is 35.0 Å². The molecule has 6 heteroatoms. The van der Waals surface area contributed by atoms with E-state index in [-0.39, 0.29) is 5.02 Å². The van der Waals surface area contributed by atoms with Gasteiger partial charge in [-0.05, 0) is 41.5 Å². The summed E-state index contributed by atoms with van der Waals surface area (Å²) in [7, 11) is 0. The minimum absolute atomic E-state index is 0.0246. The van der Waals surface area contributed by atoms with Crippen LogP contribution in [-0.4, -0.2) is 11.5 Å². The first-order valence-electron chi connectivity index (χ1n) is 5.01. The van der Waals surface area contributed by atoms with Gasteiger partial charge in [-0.3, -0.25) is 0 Å². The van der Waals surface area contributed by atoms with E-state index in [0.29, 0.717) is 17.9 Å². The Bertz CT molecular complexity index is 427. The maximum atomic E-state index is 12.7. The van der Waals surface area contributed by atoms with Crippen LogP contribution >= 0.6 is 35.0 Å². The van der Waals surface area contributed by atoms with Crippen molar-refractivity contribution in [2.45, 2.75) is 12.6 Å². The van der Waals surface area contributed by atoms with Gasteiger partial charge in [0, 0.05) is 0 Å². The molecule has 94 valence electrons. The molecule has 1 saturated heterocycles. The van der Waals surface area contributed by atoms with Crippen molar-refractivity contribution < 1.29 is 13.2 Å². The molecule has 0 saturated carbocycles. The minimum atomic E-state index is -4.45. The predicted octanol–water partition coefficient (Wildman–Crippen LogP) is 4.92. The average molecular weight is 301 g/mol. The number of hydrogen-bond acceptors (Lipinski definition) is 1. The lowest BCUT2D eigenvalue weighted by Crippen LogP contribution is -2.20. The number of alkyl halides is 3. The first-order valence-corrected chi connectivity index (χ1v) is 6.92. The molecule has 0 atom stereocenters. The zero-order valence-electron chi connectivity index (χ0n) is 8.65. The van der Waals surface area contributed by atoms with E-state index in [2.05, 4.69) is 0 Å². The Labute approximate surface area is 111 Å². The molecular weight excluding hydrogens is 292 g/mol. The Hall–Kier alpha value is -0.0600. The van der Waals surface area contributed by atoms with Gasteiger partial charge in [0.15, 0.2) is 0 Å². The smallest absolute Gasteiger partial charge is 0.166 e. The van der Waals surface area contributed by atoms with Gasteiger partial charge in [-0.15, -0.1) is 0 Å². The number of benzene rings is 1. The zero-order chi connectivity index (χ0) is 12.6. The summed E-state index contributed by atoms with van der Waals surface area (Å²) in [5.41, 5.74) is -0.231. The van der Waals surface area contributed by atoms with E-state index in [1.54, 1.807) is 11.8 Å². The molecule has 0 N–H and O–H groups in total. The van der Waals surface area contributed by atoms with Crippen LogP contribution in [0.2, 0.25) is 10.0 Å². The van der Waals surface area contributed by atoms with Crippen LogP contribution in [0.5, 0.6) is 0 Å². The largest absolute Gasteiger partial charge is 0.417 e. The highest BCUT2D eigenvalue weighted by atomic mass is 35.5. The molecule has 1 heterocycles. The van der Waals surface area contributed by atoms with Crippen LogP contribution in [0, 0.1) is 5.92 Å². The van der Waals surface area contributed by atoms with E-state index < -0.39 is 16.8 Å². The summed E-state index contributed by atoms with van der Waals surface area (Å²) in [6, 6.07) is 2.64. The molecule has 0 aromatic heterocycles. The highest BCUT2D eigenvalue weighted by Crippen LogP contribution is 2.40. The van der Waals surface area contributed by atoms with Gasteiger partial charge in [0.05, 0.1) is 15.6 Å². The van der Waals surface area contributed by atoms with E-state index in [1.165, 1.54) is 6.07 Å². The summed E-state index contributed by atoms with van der Waals surface area (Å²) in [5, 5.41) is -0.436. The van der Waals surface area contributed by atoms with Crippen molar-refractivity contribution in [2.75, 3.05) is 11.5 Å². The lowest BCUT2D eigenvalue weighted by atomic mass is 10.00. The fourth-order valence-electron chi connectivity index (χ4n) is 1.71. The molecular formula is C11H9Cl2F3S. The Balaban J connectivity index is 2.31. The summed E-state index contributed by atoms with van der Waals surface area (Å²) in [6.45, 7) is 0. The number of thioether (sulfide) groups is 1. The van der Waals surface area contributed by atoms with Gasteiger partial charge in [-0.2, -0.15) is 24.9 Å². The molecule has 1 aliphatic rings. The first-order chi connectivity index (χ1) is 7.88. The number of halogens is 5. The van der Waals surface area contributed by atoms with Crippen molar-refractivity contribution in [1.29, 1.82) is 0 Å². The molecule has 1 fully saturated rings. The standard InChI is InChI=1S/C11H9Cl2F3S/c12-9-3-6(1-7-4-17-5-7)2-8(10(9)13)11(14,15)16/h2-3,7H,1,4-5H2. The minimum Gasteiger partial charge on any atom is -0.166 e. The van der Waals surface area contributed by atoms with Crippen LogP contribution in [0.25, 0.3) is 0 Å². The fraction of sp³-hybridized carbons (Fsp3) is 0.455. The van der Waals surface area contributed by atoms with E-state index in [9.17, 15) is 13.2 Å². The van der Waals surface area contributed by atoms with Gasteiger partial charge in [0.2, 0.25) is 0 Å². The molecule has 0 nitrogen and oxygen atoms in total. The lowest BCUT2D eigenvalue weighted by molar-refractivity contribution is -0.137. The van der Waals surface area contributed by atoms with Gasteiger partial charge in [-0.1, -0.05) is 23.2 Å². The molecule has 0 aliphatic carbocycles. The maximum Gasteiger partial charge on any atom is 0.417 e. The number of rotatable bonds is 2. The Kier molecular flexibility index (Phi) is 3.86. The fourth-order valence-corrected chi connectivity index (χ4v) is 2.97. The third-order valence-corrected chi connectivity index (χ3v) is 4.84. The molecule has 0 bridgehead atoms. The van der Waals surface area contributed by atoms with E-state index in [1.807, 2.05) is 0 Å². The molecule has 0 unspecified atom stereocenters. The molecule has 1 aromatic rings. The van der Waals surface area contributed by atoms with Gasteiger partial charge in [0.1, 0.15) is 0 Å². The molecule has 17 heavy (non-hydrogen) atoms. The quantitative estimate of drug-likeness (QED) is 0.747. The van der Waals surface area contributed by atoms with Crippen LogP contribution in [0.15, 0.2) is 12.1 Å². The Morgan fingerprint density at radius 1 is 1.24 bits per heavy atom. The summed E-state index contributed by atoms with van der Waals surface area (Å²) < 4.78 is 38.1. The van der Waals surface area contributed by atoms with Crippen molar-refractivity contribution in [1.82, 2.24) is 0 Å². The second kappa shape index (κ2) is 4.90. The summed E-state index contributed by atoms with van der Waals surface area (Å²) in [6.07, 6.45) is -3.82. The first kappa shape index (κ1) is 13.4. The third-order valence-electron chi connectivity index (χ3n) is 2.62. The SMILES string of the molecule is FC(F)(F)c1cc(CC2CSC2)cc(Cl)c1Cl. The monoisotopic (exact) mass is 300 g/mol. The zero-order valence-corrected chi connectivity index (χ0v) is 11.0. The second-order valence-corrected chi connectivity index (χ2v) is 5.90. The Morgan fingerprint density at radius 2 is 1.88 bits per heavy atom. The van der Waals surface area contributed by atoms with Crippen LogP contribution < -0.4 is 0 Å². The molecule has 2 rings (SSSR count). The number of hydrogen-bond donors (Lipinski definition) is 0. The van der Waals surface area contributed by atoms with Gasteiger partial charge < -0.3 is 0 Å². The normalized spacial score (nSPS) is 17.0. The van der Waals surface area contributed by atoms with E-state index >= 15 is 0 Å². The van der Waals surface area contributed by atoms with Crippen molar-refractivity contribution in [3.8, 4) is 0 Å². The Morgan fingerprint density at radius 3 is 2.35 bits per heavy atom. The van der Waals surface area contributed by atoms with E-state index in [0.717, 1.165) is 17.6 Å². The van der Waals surface area contributed by atoms with Crippen molar-refractivity contribution in [2.24, 2.45) is 5.92 Å². The molecule has 0 spiro atoms. The van der Waals surface area contributed by atoms with Crippen LogP contribution in [0.1, 0.15) is 11.1 Å². The second-order valence-electron chi connectivity index (χ2n) is 4.04. The van der Waals surface area contributed by atoms with Gasteiger partial charge in [0.25, 0.3) is 0 Å². The predicted molar refractivity (Wildman–Crippen MR) is 66.0 cm³/mol. The third kappa shape index (κ3) is 3.04. The summed E-state index contributed by atoms with van der Waals surface area (Å²) >= 11 is 13.1. The highest BCUT2D eigenvalue weighted by molar-refractivity contribution is 8.00. The highest BCUT2D eigenvalue weighted by Gasteiger charge is 2.34. The van der Waals surface area contributed by atoms with Crippen LogP contribution in [0.4, 0.5) is 13.2 Å². The lowest BCUT2D eigenvalue weighted by Gasteiger charge is -2.25. The molecule has 0 radical (unpaired) electrons. The van der Waals surface area contributed by atoms with Gasteiger partial charge in [-0.25, -0.2) is 0 Å².